The third kappa shape index (κ3) is 6.25. The van der Waals surface area contributed by atoms with Crippen molar-refractivity contribution in [3.05, 3.63) is 69.2 Å². The number of nitrogens with one attached hydrogen (secondary N) is 2. The maximum atomic E-state index is 11.8. The topological polar surface area (TPSA) is 137 Å². The predicted octanol–water partition coefficient (Wildman–Crippen LogP) is 1.63. The van der Waals surface area contributed by atoms with Crippen molar-refractivity contribution in [3.63, 3.8) is 0 Å². The Morgan fingerprint density at radius 2 is 1.68 bits per heavy atom. The normalized spacial score (nSPS) is 9.89. The van der Waals surface area contributed by atoms with Gasteiger partial charge in [-0.15, -0.1) is 0 Å². The van der Waals surface area contributed by atoms with Crippen LogP contribution in [0.5, 0.6) is 5.75 Å². The second-order valence-corrected chi connectivity index (χ2v) is 5.59. The maximum Gasteiger partial charge on any atom is 0.344 e. The fourth-order valence-corrected chi connectivity index (χ4v) is 2.05. The van der Waals surface area contributed by atoms with Crippen LogP contribution in [0.2, 0.25) is 5.02 Å². The lowest BCUT2D eigenvalue weighted by Gasteiger charge is -2.09. The number of carbonyl (C=O) groups is 3. The smallest absolute Gasteiger partial charge is 0.344 e. The predicted molar refractivity (Wildman–Crippen MR) is 96.6 cm³/mol. The van der Waals surface area contributed by atoms with Crippen LogP contribution in [0.1, 0.15) is 10.4 Å². The molecular formula is C17H14ClN3O7. The van der Waals surface area contributed by atoms with Gasteiger partial charge in [0, 0.05) is 17.7 Å². The largest absolute Gasteiger partial charge is 0.480 e. The number of amides is 2. The van der Waals surface area contributed by atoms with E-state index in [1.54, 1.807) is 24.3 Å². The van der Waals surface area contributed by atoms with Gasteiger partial charge in [0.25, 0.3) is 17.5 Å². The number of hydrogen-bond donors (Lipinski definition) is 2. The van der Waals surface area contributed by atoms with Crippen LogP contribution in [0.25, 0.3) is 0 Å². The second kappa shape index (κ2) is 9.88. The highest BCUT2D eigenvalue weighted by Gasteiger charge is 2.12. The number of ether oxygens (including phenoxy) is 2. The Kier molecular flexibility index (Phi) is 7.28. The van der Waals surface area contributed by atoms with Crippen LogP contribution in [0.3, 0.4) is 0 Å². The number of rotatable bonds is 7. The van der Waals surface area contributed by atoms with E-state index < -0.39 is 35.9 Å². The molecule has 0 atom stereocenters. The summed E-state index contributed by atoms with van der Waals surface area (Å²) in [5.41, 5.74) is 4.05. The molecule has 0 aliphatic carbocycles. The number of hydrogen-bond acceptors (Lipinski definition) is 7. The molecule has 0 aliphatic rings. The van der Waals surface area contributed by atoms with E-state index in [1.165, 1.54) is 12.1 Å². The number of carbonyl (C=O) groups excluding carboxylic acids is 3. The number of non-ortho nitro benzene ring substituents is 1. The van der Waals surface area contributed by atoms with Gasteiger partial charge in [-0.1, -0.05) is 23.7 Å². The summed E-state index contributed by atoms with van der Waals surface area (Å²) in [6.45, 7) is -1.10. The van der Waals surface area contributed by atoms with Gasteiger partial charge in [0.2, 0.25) is 0 Å². The third-order valence-corrected chi connectivity index (χ3v) is 3.51. The summed E-state index contributed by atoms with van der Waals surface area (Å²) in [6.07, 6.45) is 0. The van der Waals surface area contributed by atoms with Gasteiger partial charge >= 0.3 is 5.97 Å². The summed E-state index contributed by atoms with van der Waals surface area (Å²) in [7, 11) is 0. The number of esters is 1. The van der Waals surface area contributed by atoms with Gasteiger partial charge < -0.3 is 9.47 Å². The number of para-hydroxylation sites is 1. The van der Waals surface area contributed by atoms with E-state index in [4.69, 9.17) is 21.1 Å². The van der Waals surface area contributed by atoms with Crippen molar-refractivity contribution in [1.29, 1.82) is 0 Å². The van der Waals surface area contributed by atoms with E-state index in [0.29, 0.717) is 10.8 Å². The van der Waals surface area contributed by atoms with Crippen LogP contribution in [0, 0.1) is 10.1 Å². The molecule has 2 N–H and O–H groups in total. The van der Waals surface area contributed by atoms with Crippen LogP contribution in [-0.2, 0) is 14.3 Å². The van der Waals surface area contributed by atoms with Crippen molar-refractivity contribution < 1.29 is 28.8 Å². The van der Waals surface area contributed by atoms with Gasteiger partial charge in [0.1, 0.15) is 5.75 Å². The average Bonchev–Trinajstić information content (AvgIpc) is 2.69. The Balaban J connectivity index is 1.70. The molecule has 2 rings (SSSR count). The van der Waals surface area contributed by atoms with Crippen molar-refractivity contribution in [2.45, 2.75) is 0 Å². The van der Waals surface area contributed by atoms with E-state index in [9.17, 15) is 24.5 Å². The summed E-state index contributed by atoms with van der Waals surface area (Å²) in [5.74, 6) is -2.00. The molecule has 11 heteroatoms. The molecule has 0 saturated heterocycles. The monoisotopic (exact) mass is 407 g/mol. The molecule has 146 valence electrons. The molecule has 2 aromatic carbocycles. The zero-order valence-corrected chi connectivity index (χ0v) is 15.0. The molecule has 10 nitrogen and oxygen atoms in total. The molecule has 0 fully saturated rings. The van der Waals surface area contributed by atoms with Crippen molar-refractivity contribution in [2.24, 2.45) is 0 Å². The zero-order valence-electron chi connectivity index (χ0n) is 14.2. The Labute approximate surface area is 163 Å². The van der Waals surface area contributed by atoms with Gasteiger partial charge in [0.15, 0.2) is 13.2 Å². The third-order valence-electron chi connectivity index (χ3n) is 3.20. The van der Waals surface area contributed by atoms with Crippen LogP contribution in [0.15, 0.2) is 48.5 Å². The second-order valence-electron chi connectivity index (χ2n) is 5.19. The number of nitrogens with zero attached hydrogens (tertiary/aromatic N) is 1. The summed E-state index contributed by atoms with van der Waals surface area (Å²) in [4.78, 5) is 44.9. The molecule has 0 unspecified atom stereocenters. The SMILES string of the molecule is O=C(COC(=O)COc1ccccc1Cl)NNC(=O)c1ccc([N+](=O)[O-])cc1. The molecule has 0 saturated carbocycles. The number of halogens is 1. The van der Waals surface area contributed by atoms with E-state index in [1.807, 2.05) is 5.43 Å². The van der Waals surface area contributed by atoms with Crippen LogP contribution < -0.4 is 15.6 Å². The van der Waals surface area contributed by atoms with Crippen molar-refractivity contribution in [1.82, 2.24) is 10.9 Å². The summed E-state index contributed by atoms with van der Waals surface area (Å²) >= 11 is 5.87. The quantitative estimate of drug-likeness (QED) is 0.404. The first-order valence-corrected chi connectivity index (χ1v) is 8.11. The molecule has 0 spiro atoms. The fourth-order valence-electron chi connectivity index (χ4n) is 1.86. The molecule has 0 aliphatic heterocycles. The zero-order chi connectivity index (χ0) is 20.5. The van der Waals surface area contributed by atoms with Gasteiger partial charge in [-0.2, -0.15) is 0 Å². The first-order valence-electron chi connectivity index (χ1n) is 7.73. The average molecular weight is 408 g/mol. The van der Waals surface area contributed by atoms with E-state index in [2.05, 4.69) is 5.43 Å². The number of nitro groups is 1. The van der Waals surface area contributed by atoms with Gasteiger partial charge in [0.05, 0.1) is 9.95 Å². The molecule has 0 heterocycles. The molecule has 2 amide bonds. The Hall–Kier alpha value is -3.66. The summed E-state index contributed by atoms with van der Waals surface area (Å²) in [6, 6.07) is 11.3. The highest BCUT2D eigenvalue weighted by atomic mass is 35.5. The fraction of sp³-hybridized carbons (Fsp3) is 0.118. The lowest BCUT2D eigenvalue weighted by molar-refractivity contribution is -0.384. The first kappa shape index (κ1) is 20.6. The Bertz CT molecular complexity index is 887. The van der Waals surface area contributed by atoms with E-state index in [0.717, 1.165) is 12.1 Å². The molecule has 0 bridgehead atoms. The maximum absolute atomic E-state index is 11.8. The van der Waals surface area contributed by atoms with Gasteiger partial charge in [-0.3, -0.25) is 30.6 Å². The number of hydrazine groups is 1. The molecule has 28 heavy (non-hydrogen) atoms. The standard InChI is InChI=1S/C17H14ClN3O7/c18-13-3-1-2-4-14(13)27-10-16(23)28-9-15(22)19-20-17(24)11-5-7-12(8-6-11)21(25)26/h1-8H,9-10H2,(H,19,22)(H,20,24). The summed E-state index contributed by atoms with van der Waals surface area (Å²) in [5, 5.41) is 10.9. The van der Waals surface area contributed by atoms with Crippen molar-refractivity contribution >= 4 is 35.1 Å². The minimum Gasteiger partial charge on any atom is -0.480 e. The Morgan fingerprint density at radius 3 is 2.32 bits per heavy atom. The minimum absolute atomic E-state index is 0.0936. The minimum atomic E-state index is -0.809. The highest BCUT2D eigenvalue weighted by Crippen LogP contribution is 2.22. The van der Waals surface area contributed by atoms with Crippen LogP contribution in [-0.4, -0.2) is 35.9 Å². The molecular weight excluding hydrogens is 394 g/mol. The highest BCUT2D eigenvalue weighted by molar-refractivity contribution is 6.32. The molecule has 2 aromatic rings. The lowest BCUT2D eigenvalue weighted by atomic mass is 10.2. The van der Waals surface area contributed by atoms with Crippen LogP contribution >= 0.6 is 11.6 Å². The Morgan fingerprint density at radius 1 is 1.00 bits per heavy atom. The molecule has 0 aromatic heterocycles. The number of benzene rings is 2. The molecule has 0 radical (unpaired) electrons. The summed E-state index contributed by atoms with van der Waals surface area (Å²) < 4.78 is 9.86. The van der Waals surface area contributed by atoms with Crippen LogP contribution in [0.4, 0.5) is 5.69 Å². The van der Waals surface area contributed by atoms with E-state index >= 15 is 0 Å². The lowest BCUT2D eigenvalue weighted by Crippen LogP contribution is -2.43. The van der Waals surface area contributed by atoms with Gasteiger partial charge in [-0.05, 0) is 24.3 Å². The first-order chi connectivity index (χ1) is 13.4. The van der Waals surface area contributed by atoms with Crippen molar-refractivity contribution in [3.8, 4) is 5.75 Å². The van der Waals surface area contributed by atoms with E-state index in [-0.39, 0.29) is 11.3 Å². The number of nitro benzene ring substituents is 1. The van der Waals surface area contributed by atoms with Crippen molar-refractivity contribution in [2.75, 3.05) is 13.2 Å². The van der Waals surface area contributed by atoms with Gasteiger partial charge in [-0.25, -0.2) is 4.79 Å².